The number of furan rings is 1. The minimum Gasteiger partial charge on any atom is -0.497 e. The molecule has 1 unspecified atom stereocenters. The number of halogens is 1. The Morgan fingerprint density at radius 2 is 1.83 bits per heavy atom. The van der Waals surface area contributed by atoms with E-state index in [1.165, 1.54) is 0 Å². The number of hydrogen-bond donors (Lipinski definition) is 2. The van der Waals surface area contributed by atoms with Gasteiger partial charge in [-0.15, -0.1) is 0 Å². The molecule has 0 aliphatic rings. The summed E-state index contributed by atoms with van der Waals surface area (Å²) in [6, 6.07) is 16.6. The van der Waals surface area contributed by atoms with Crippen LogP contribution in [0.15, 0.2) is 59.0 Å². The van der Waals surface area contributed by atoms with Gasteiger partial charge >= 0.3 is 0 Å². The third kappa shape index (κ3) is 5.53. The molecule has 0 saturated heterocycles. The zero-order chi connectivity index (χ0) is 20.8. The Hall–Kier alpha value is -2.96. The molecule has 0 fully saturated rings. The molecule has 3 rings (SSSR count). The van der Waals surface area contributed by atoms with Crippen molar-refractivity contribution in [2.45, 2.75) is 6.54 Å². The van der Waals surface area contributed by atoms with Crippen molar-refractivity contribution < 1.29 is 23.6 Å². The van der Waals surface area contributed by atoms with Crippen LogP contribution in [0.5, 0.6) is 11.5 Å². The maximum absolute atomic E-state index is 12.5. The van der Waals surface area contributed by atoms with Crippen molar-refractivity contribution in [2.75, 3.05) is 33.1 Å². The lowest BCUT2D eigenvalue weighted by Gasteiger charge is -2.14. The van der Waals surface area contributed by atoms with Crippen molar-refractivity contribution in [1.29, 1.82) is 0 Å². The first kappa shape index (κ1) is 20.8. The Morgan fingerprint density at radius 3 is 2.52 bits per heavy atom. The van der Waals surface area contributed by atoms with E-state index < -0.39 is 0 Å². The van der Waals surface area contributed by atoms with E-state index in [-0.39, 0.29) is 12.5 Å². The molecular formula is C22H24ClN2O4+. The number of carbonyl (C=O) groups is 1. The fraction of sp³-hybridized carbons (Fsp3) is 0.227. The second-order valence-corrected chi connectivity index (χ2v) is 7.13. The van der Waals surface area contributed by atoms with Gasteiger partial charge < -0.3 is 24.1 Å². The van der Waals surface area contributed by atoms with E-state index in [2.05, 4.69) is 5.32 Å². The lowest BCUT2D eigenvalue weighted by atomic mass is 10.2. The second kappa shape index (κ2) is 9.49. The molecule has 7 heteroatoms. The molecule has 2 N–H and O–H groups in total. The van der Waals surface area contributed by atoms with Crippen LogP contribution in [0.1, 0.15) is 5.76 Å². The van der Waals surface area contributed by atoms with E-state index in [9.17, 15) is 4.79 Å². The highest BCUT2D eigenvalue weighted by atomic mass is 35.5. The SMILES string of the molecule is COc1ccc(OC)c(NC(=O)C[NH+](C)Cc2ccc(-c3ccc(Cl)cc3)o2)c1. The van der Waals surface area contributed by atoms with Crippen LogP contribution in [-0.4, -0.2) is 33.7 Å². The summed E-state index contributed by atoms with van der Waals surface area (Å²) in [5.41, 5.74) is 1.54. The summed E-state index contributed by atoms with van der Waals surface area (Å²) < 4.78 is 16.4. The van der Waals surface area contributed by atoms with Crippen LogP contribution in [0, 0.1) is 0 Å². The molecular weight excluding hydrogens is 392 g/mol. The Labute approximate surface area is 175 Å². The molecule has 152 valence electrons. The highest BCUT2D eigenvalue weighted by molar-refractivity contribution is 6.30. The van der Waals surface area contributed by atoms with Crippen LogP contribution in [0.4, 0.5) is 5.69 Å². The molecule has 6 nitrogen and oxygen atoms in total. The predicted molar refractivity (Wildman–Crippen MR) is 113 cm³/mol. The van der Waals surface area contributed by atoms with Crippen molar-refractivity contribution in [3.8, 4) is 22.8 Å². The van der Waals surface area contributed by atoms with Crippen LogP contribution < -0.4 is 19.7 Å². The van der Waals surface area contributed by atoms with E-state index >= 15 is 0 Å². The number of anilines is 1. The Kier molecular flexibility index (Phi) is 6.80. The lowest BCUT2D eigenvalue weighted by molar-refractivity contribution is -0.886. The van der Waals surface area contributed by atoms with Crippen molar-refractivity contribution in [1.82, 2.24) is 0 Å². The second-order valence-electron chi connectivity index (χ2n) is 6.70. The number of hydrogen-bond acceptors (Lipinski definition) is 4. The maximum Gasteiger partial charge on any atom is 0.279 e. The number of methoxy groups -OCH3 is 2. The predicted octanol–water partition coefficient (Wildman–Crippen LogP) is 3.27. The van der Waals surface area contributed by atoms with Gasteiger partial charge in [-0.3, -0.25) is 4.79 Å². The first-order chi connectivity index (χ1) is 14.0. The van der Waals surface area contributed by atoms with Gasteiger partial charge in [0.05, 0.1) is 27.0 Å². The fourth-order valence-corrected chi connectivity index (χ4v) is 3.11. The van der Waals surface area contributed by atoms with Crippen LogP contribution >= 0.6 is 11.6 Å². The standard InChI is InChI=1S/C22H23ClN2O4/c1-25(13-18-9-10-20(29-18)15-4-6-16(23)7-5-15)14-22(26)24-19-12-17(27-2)8-11-21(19)28-3/h4-12H,13-14H2,1-3H3,(H,24,26)/p+1. The first-order valence-corrected chi connectivity index (χ1v) is 9.54. The summed E-state index contributed by atoms with van der Waals surface area (Å²) in [4.78, 5) is 13.5. The Morgan fingerprint density at radius 1 is 1.07 bits per heavy atom. The molecule has 1 atom stereocenters. The van der Waals surface area contributed by atoms with Gasteiger partial charge in [0.1, 0.15) is 23.8 Å². The number of amides is 1. The number of rotatable bonds is 8. The van der Waals surface area contributed by atoms with Crippen LogP contribution in [0.3, 0.4) is 0 Å². The smallest absolute Gasteiger partial charge is 0.279 e. The van der Waals surface area contributed by atoms with E-state index in [0.29, 0.717) is 28.8 Å². The molecule has 0 spiro atoms. The van der Waals surface area contributed by atoms with E-state index in [4.69, 9.17) is 25.5 Å². The zero-order valence-corrected chi connectivity index (χ0v) is 17.4. The average Bonchev–Trinajstić information content (AvgIpc) is 3.16. The number of ether oxygens (including phenoxy) is 2. The molecule has 29 heavy (non-hydrogen) atoms. The van der Waals surface area contributed by atoms with Crippen molar-refractivity contribution in [2.24, 2.45) is 0 Å². The molecule has 0 aliphatic heterocycles. The number of benzene rings is 2. The van der Waals surface area contributed by atoms with Crippen molar-refractivity contribution in [3.05, 3.63) is 65.4 Å². The van der Waals surface area contributed by atoms with Crippen molar-refractivity contribution in [3.63, 3.8) is 0 Å². The number of quaternary nitrogens is 1. The molecule has 0 radical (unpaired) electrons. The molecule has 1 amide bonds. The maximum atomic E-state index is 12.5. The van der Waals surface area contributed by atoms with E-state index in [1.807, 2.05) is 43.4 Å². The Bertz CT molecular complexity index is 969. The number of nitrogens with one attached hydrogen (secondary N) is 2. The molecule has 0 saturated carbocycles. The summed E-state index contributed by atoms with van der Waals surface area (Å²) in [7, 11) is 5.07. The van der Waals surface area contributed by atoms with E-state index in [0.717, 1.165) is 22.0 Å². The summed E-state index contributed by atoms with van der Waals surface area (Å²) in [6.07, 6.45) is 0. The quantitative estimate of drug-likeness (QED) is 0.592. The van der Waals surface area contributed by atoms with Gasteiger partial charge in [-0.1, -0.05) is 11.6 Å². The average molecular weight is 416 g/mol. The largest absolute Gasteiger partial charge is 0.497 e. The van der Waals surface area contributed by atoms with Gasteiger partial charge in [0, 0.05) is 16.7 Å². The van der Waals surface area contributed by atoms with Gasteiger partial charge in [0.15, 0.2) is 12.3 Å². The van der Waals surface area contributed by atoms with Crippen LogP contribution in [0.25, 0.3) is 11.3 Å². The molecule has 0 bridgehead atoms. The number of carbonyl (C=O) groups excluding carboxylic acids is 1. The van der Waals surface area contributed by atoms with Gasteiger partial charge in [0.2, 0.25) is 0 Å². The summed E-state index contributed by atoms with van der Waals surface area (Å²) in [6.45, 7) is 0.855. The van der Waals surface area contributed by atoms with Gasteiger partial charge in [-0.2, -0.15) is 0 Å². The summed E-state index contributed by atoms with van der Waals surface area (Å²) in [5, 5.41) is 3.57. The zero-order valence-electron chi connectivity index (χ0n) is 16.6. The molecule has 0 aliphatic carbocycles. The molecule has 1 heterocycles. The normalized spacial score (nSPS) is 11.7. The minimum absolute atomic E-state index is 0.126. The van der Waals surface area contributed by atoms with Crippen molar-refractivity contribution >= 4 is 23.2 Å². The molecule has 2 aromatic carbocycles. The van der Waals surface area contributed by atoms with E-state index in [1.54, 1.807) is 32.4 Å². The third-order valence-electron chi connectivity index (χ3n) is 4.41. The molecule has 1 aromatic heterocycles. The van der Waals surface area contributed by atoms with Gasteiger partial charge in [-0.25, -0.2) is 0 Å². The minimum atomic E-state index is -0.126. The number of likely N-dealkylation sites (N-methyl/N-ethyl adjacent to an activating group) is 1. The topological polar surface area (TPSA) is 65.1 Å². The summed E-state index contributed by atoms with van der Waals surface area (Å²) >= 11 is 5.93. The van der Waals surface area contributed by atoms with Crippen LogP contribution in [0.2, 0.25) is 5.02 Å². The monoisotopic (exact) mass is 415 g/mol. The lowest BCUT2D eigenvalue weighted by Crippen LogP contribution is -3.08. The highest BCUT2D eigenvalue weighted by Gasteiger charge is 2.15. The van der Waals surface area contributed by atoms with Crippen LogP contribution in [-0.2, 0) is 11.3 Å². The van der Waals surface area contributed by atoms with Gasteiger partial charge in [0.25, 0.3) is 5.91 Å². The Balaban J connectivity index is 1.59. The molecule has 3 aromatic rings. The van der Waals surface area contributed by atoms with Gasteiger partial charge in [-0.05, 0) is 48.5 Å². The third-order valence-corrected chi connectivity index (χ3v) is 4.66. The first-order valence-electron chi connectivity index (χ1n) is 9.16. The fourth-order valence-electron chi connectivity index (χ4n) is 2.98. The summed E-state index contributed by atoms with van der Waals surface area (Å²) in [5.74, 6) is 2.68. The highest BCUT2D eigenvalue weighted by Crippen LogP contribution is 2.28.